The van der Waals surface area contributed by atoms with E-state index < -0.39 is 23.5 Å². The average Bonchev–Trinajstić information content (AvgIpc) is 2.66. The molecule has 0 spiro atoms. The molecular formula is C19H20ClF4N5O2. The van der Waals surface area contributed by atoms with Gasteiger partial charge in [0.05, 0.1) is 23.4 Å². The molecule has 0 saturated carbocycles. The van der Waals surface area contributed by atoms with Crippen LogP contribution in [0, 0.1) is 5.82 Å². The van der Waals surface area contributed by atoms with Crippen LogP contribution in [0.3, 0.4) is 0 Å². The molecule has 12 heteroatoms. The molecule has 3 rings (SSSR count). The number of ether oxygens (including phenoxy) is 1. The number of rotatable bonds is 2. The van der Waals surface area contributed by atoms with E-state index in [0.29, 0.717) is 10.7 Å². The Hall–Kier alpha value is -2.92. The molecule has 31 heavy (non-hydrogen) atoms. The number of hydrogen-bond donors (Lipinski definition) is 3. The van der Waals surface area contributed by atoms with Gasteiger partial charge in [-0.05, 0) is 44.2 Å². The number of amides is 1. The van der Waals surface area contributed by atoms with Crippen molar-refractivity contribution in [2.75, 3.05) is 17.7 Å². The molecule has 1 aliphatic rings. The fraction of sp³-hybridized carbons (Fsp3) is 0.316. The number of pyridine rings is 1. The molecule has 0 saturated heterocycles. The number of halogens is 5. The van der Waals surface area contributed by atoms with Gasteiger partial charge in [0.1, 0.15) is 11.7 Å². The standard InChI is InChI=1S/C12H9ClFN3O.C7H11F3N2O/c13-7-5-10(15)11(16-6-7)12(18)17-9-3-1-8(14)2-4-9;1-4-3-13-6(2,5(11)12-4)7(8,9)10/h1-6H,15H2,(H,17,18);4H,3H2,1-2H3,(H2,11,12)/t;4-,6+/m.0/s1. The summed E-state index contributed by atoms with van der Waals surface area (Å²) in [6.45, 7) is 2.47. The third-order valence-electron chi connectivity index (χ3n) is 4.20. The molecule has 1 aromatic heterocycles. The second kappa shape index (κ2) is 9.48. The number of aromatic nitrogens is 1. The van der Waals surface area contributed by atoms with Gasteiger partial charge in [0.15, 0.2) is 5.69 Å². The van der Waals surface area contributed by atoms with Crippen LogP contribution in [0.1, 0.15) is 24.3 Å². The van der Waals surface area contributed by atoms with Crippen LogP contribution in [0.25, 0.3) is 0 Å². The van der Waals surface area contributed by atoms with Crippen molar-refractivity contribution in [3.63, 3.8) is 0 Å². The quantitative estimate of drug-likeness (QED) is 0.588. The number of amidine groups is 1. The van der Waals surface area contributed by atoms with E-state index in [9.17, 15) is 22.4 Å². The molecule has 0 unspecified atom stereocenters. The van der Waals surface area contributed by atoms with Gasteiger partial charge in [0, 0.05) is 11.9 Å². The summed E-state index contributed by atoms with van der Waals surface area (Å²) in [6.07, 6.45) is -3.18. The second-order valence-corrected chi connectivity index (χ2v) is 7.19. The van der Waals surface area contributed by atoms with Crippen LogP contribution in [0.15, 0.2) is 41.5 Å². The Labute approximate surface area is 180 Å². The van der Waals surface area contributed by atoms with Gasteiger partial charge in [0.25, 0.3) is 5.91 Å². The lowest BCUT2D eigenvalue weighted by Gasteiger charge is -2.35. The zero-order valence-corrected chi connectivity index (χ0v) is 17.3. The maximum absolute atomic E-state index is 12.7. The SMILES string of the molecule is C[C@H]1CO[C@@](C)(C(F)(F)F)C(N)=N1.Nc1cc(Cl)cnc1C(=O)Nc1ccc(F)cc1. The Bertz CT molecular complexity index is 969. The number of carbonyl (C=O) groups is 1. The van der Waals surface area contributed by atoms with E-state index in [1.54, 1.807) is 6.92 Å². The molecule has 1 amide bonds. The molecule has 2 heterocycles. The average molecular weight is 462 g/mol. The summed E-state index contributed by atoms with van der Waals surface area (Å²) in [6, 6.07) is 6.51. The van der Waals surface area contributed by atoms with Crippen molar-refractivity contribution in [2.24, 2.45) is 10.7 Å². The highest BCUT2D eigenvalue weighted by molar-refractivity contribution is 6.30. The first-order chi connectivity index (χ1) is 14.3. The molecule has 2 atom stereocenters. The summed E-state index contributed by atoms with van der Waals surface area (Å²) < 4.78 is 54.6. The fourth-order valence-corrected chi connectivity index (χ4v) is 2.52. The number of nitrogens with one attached hydrogen (secondary N) is 1. The minimum absolute atomic E-state index is 0.0588. The first-order valence-electron chi connectivity index (χ1n) is 8.86. The number of carbonyl (C=O) groups excluding carboxylic acids is 1. The number of nitrogens with two attached hydrogens (primary N) is 2. The number of hydrogen-bond acceptors (Lipinski definition) is 6. The Morgan fingerprint density at radius 2 is 1.90 bits per heavy atom. The molecule has 0 aliphatic carbocycles. The second-order valence-electron chi connectivity index (χ2n) is 6.76. The van der Waals surface area contributed by atoms with E-state index in [-0.39, 0.29) is 29.8 Å². The first kappa shape index (κ1) is 24.4. The van der Waals surface area contributed by atoms with Crippen molar-refractivity contribution in [1.82, 2.24) is 4.98 Å². The van der Waals surface area contributed by atoms with Crippen LogP contribution in [-0.4, -0.2) is 41.2 Å². The van der Waals surface area contributed by atoms with Gasteiger partial charge in [-0.15, -0.1) is 0 Å². The van der Waals surface area contributed by atoms with Crippen molar-refractivity contribution in [3.05, 3.63) is 53.1 Å². The summed E-state index contributed by atoms with van der Waals surface area (Å²) in [5.74, 6) is -1.35. The molecule has 0 radical (unpaired) electrons. The van der Waals surface area contributed by atoms with Crippen LogP contribution in [0.4, 0.5) is 28.9 Å². The Morgan fingerprint density at radius 1 is 1.29 bits per heavy atom. The molecule has 5 N–H and O–H groups in total. The summed E-state index contributed by atoms with van der Waals surface area (Å²) >= 11 is 5.68. The highest BCUT2D eigenvalue weighted by Crippen LogP contribution is 2.35. The molecule has 1 aromatic carbocycles. The third kappa shape index (κ3) is 6.05. The van der Waals surface area contributed by atoms with Gasteiger partial charge in [-0.2, -0.15) is 13.2 Å². The van der Waals surface area contributed by atoms with Gasteiger partial charge in [-0.3, -0.25) is 9.79 Å². The highest BCUT2D eigenvalue weighted by Gasteiger charge is 2.57. The van der Waals surface area contributed by atoms with Crippen molar-refractivity contribution in [3.8, 4) is 0 Å². The van der Waals surface area contributed by atoms with E-state index in [1.807, 2.05) is 0 Å². The van der Waals surface area contributed by atoms with E-state index in [2.05, 4.69) is 20.0 Å². The highest BCUT2D eigenvalue weighted by atomic mass is 35.5. The molecule has 0 fully saturated rings. The lowest BCUT2D eigenvalue weighted by atomic mass is 10.0. The van der Waals surface area contributed by atoms with Gasteiger partial charge >= 0.3 is 6.18 Å². The minimum atomic E-state index is -4.51. The monoisotopic (exact) mass is 461 g/mol. The maximum atomic E-state index is 12.7. The predicted molar refractivity (Wildman–Crippen MR) is 110 cm³/mol. The number of benzene rings is 1. The number of nitrogen functional groups attached to an aromatic ring is 1. The maximum Gasteiger partial charge on any atom is 0.424 e. The summed E-state index contributed by atoms with van der Waals surface area (Å²) in [5.41, 5.74) is 9.12. The zero-order valence-electron chi connectivity index (χ0n) is 16.5. The van der Waals surface area contributed by atoms with E-state index in [1.165, 1.54) is 36.5 Å². The van der Waals surface area contributed by atoms with Crippen LogP contribution in [0.5, 0.6) is 0 Å². The molecule has 168 valence electrons. The summed E-state index contributed by atoms with van der Waals surface area (Å²) in [7, 11) is 0. The van der Waals surface area contributed by atoms with Gasteiger partial charge in [-0.1, -0.05) is 11.6 Å². The molecule has 1 aliphatic heterocycles. The topological polar surface area (TPSA) is 116 Å². The smallest absolute Gasteiger partial charge is 0.397 e. The van der Waals surface area contributed by atoms with Crippen molar-refractivity contribution >= 4 is 34.7 Å². The first-order valence-corrected chi connectivity index (χ1v) is 9.23. The van der Waals surface area contributed by atoms with Gasteiger partial charge in [0.2, 0.25) is 5.60 Å². The van der Waals surface area contributed by atoms with Crippen molar-refractivity contribution in [1.29, 1.82) is 0 Å². The molecule has 7 nitrogen and oxygen atoms in total. The lowest BCUT2D eigenvalue weighted by molar-refractivity contribution is -0.245. The number of nitrogens with zero attached hydrogens (tertiary/aromatic N) is 2. The van der Waals surface area contributed by atoms with Gasteiger partial charge in [-0.25, -0.2) is 9.37 Å². The molecule has 2 aromatic rings. The third-order valence-corrected chi connectivity index (χ3v) is 4.41. The van der Waals surface area contributed by atoms with Crippen molar-refractivity contribution < 1.29 is 27.1 Å². The van der Waals surface area contributed by atoms with Crippen molar-refractivity contribution in [2.45, 2.75) is 31.7 Å². The van der Waals surface area contributed by atoms with Gasteiger partial charge < -0.3 is 21.5 Å². The van der Waals surface area contributed by atoms with Crippen LogP contribution in [-0.2, 0) is 4.74 Å². The zero-order chi connectivity index (χ0) is 23.4. The molecular weight excluding hydrogens is 442 g/mol. The predicted octanol–water partition coefficient (Wildman–Crippen LogP) is 3.79. The molecule has 0 bridgehead atoms. The van der Waals surface area contributed by atoms with E-state index in [4.69, 9.17) is 23.1 Å². The van der Waals surface area contributed by atoms with Crippen LogP contribution < -0.4 is 16.8 Å². The lowest BCUT2D eigenvalue weighted by Crippen LogP contribution is -2.58. The largest absolute Gasteiger partial charge is 0.424 e. The van der Waals surface area contributed by atoms with Crippen LogP contribution in [0.2, 0.25) is 5.02 Å². The Morgan fingerprint density at radius 3 is 2.42 bits per heavy atom. The minimum Gasteiger partial charge on any atom is -0.397 e. The summed E-state index contributed by atoms with van der Waals surface area (Å²) in [5, 5.41) is 2.91. The van der Waals surface area contributed by atoms with Crippen LogP contribution >= 0.6 is 11.6 Å². The fourth-order valence-electron chi connectivity index (χ4n) is 2.35. The van der Waals surface area contributed by atoms with E-state index >= 15 is 0 Å². The number of anilines is 2. The normalized spacial score (nSPS) is 20.9. The van der Waals surface area contributed by atoms with E-state index in [0.717, 1.165) is 6.92 Å². The Balaban J connectivity index is 0.000000233. The number of alkyl halides is 3. The Kier molecular flexibility index (Phi) is 7.45. The summed E-state index contributed by atoms with van der Waals surface area (Å²) in [4.78, 5) is 19.3. The number of aliphatic imine (C=N–C) groups is 1.